The highest BCUT2D eigenvalue weighted by molar-refractivity contribution is 5.38. The Morgan fingerprint density at radius 2 is 2.14 bits per heavy atom. The first kappa shape index (κ1) is 15.3. The Hall–Kier alpha value is -2.12. The van der Waals surface area contributed by atoms with Crippen LogP contribution in [0.15, 0.2) is 36.7 Å². The van der Waals surface area contributed by atoms with Crippen molar-refractivity contribution in [2.24, 2.45) is 0 Å². The largest absolute Gasteiger partial charge is 0.350 e. The third-order valence-corrected chi connectivity index (χ3v) is 3.58. The Morgan fingerprint density at radius 3 is 2.81 bits per heavy atom. The lowest BCUT2D eigenvalue weighted by atomic mass is 10.1. The van der Waals surface area contributed by atoms with Crippen LogP contribution in [0.3, 0.4) is 0 Å². The first-order valence-electron chi connectivity index (χ1n) is 7.25. The van der Waals surface area contributed by atoms with Crippen LogP contribution in [-0.2, 0) is 6.54 Å². The first-order chi connectivity index (χ1) is 10.2. The van der Waals surface area contributed by atoms with Crippen molar-refractivity contribution >= 4 is 0 Å². The van der Waals surface area contributed by atoms with E-state index in [2.05, 4.69) is 37.5 Å². The number of hydrogen-bond donors (Lipinski definition) is 1. The maximum atomic E-state index is 13.3. The van der Waals surface area contributed by atoms with E-state index in [1.807, 2.05) is 10.8 Å². The minimum Gasteiger partial charge on any atom is -0.350 e. The molecule has 0 bridgehead atoms. The molecule has 0 saturated carbocycles. The maximum absolute atomic E-state index is 13.3. The average molecular weight is 285 g/mol. The fraction of sp³-hybridized carbons (Fsp3) is 0.353. The fourth-order valence-electron chi connectivity index (χ4n) is 2.51. The van der Waals surface area contributed by atoms with Gasteiger partial charge < -0.3 is 9.88 Å². The lowest BCUT2D eigenvalue weighted by Gasteiger charge is -2.14. The van der Waals surface area contributed by atoms with Crippen molar-refractivity contribution in [1.29, 1.82) is 5.26 Å². The molecule has 1 N–H and O–H groups in total. The molecule has 0 radical (unpaired) electrons. The van der Waals surface area contributed by atoms with Crippen LogP contribution in [0.2, 0.25) is 0 Å². The summed E-state index contributed by atoms with van der Waals surface area (Å²) >= 11 is 0. The van der Waals surface area contributed by atoms with Gasteiger partial charge >= 0.3 is 0 Å². The van der Waals surface area contributed by atoms with Crippen LogP contribution in [0.1, 0.15) is 43.0 Å². The van der Waals surface area contributed by atoms with Crippen LogP contribution < -0.4 is 5.32 Å². The zero-order valence-corrected chi connectivity index (χ0v) is 12.4. The summed E-state index contributed by atoms with van der Waals surface area (Å²) in [6, 6.07) is 8.80. The van der Waals surface area contributed by atoms with Crippen molar-refractivity contribution in [3.63, 3.8) is 0 Å². The van der Waals surface area contributed by atoms with Crippen molar-refractivity contribution in [2.45, 2.75) is 32.9 Å². The van der Waals surface area contributed by atoms with E-state index in [9.17, 15) is 4.39 Å². The van der Waals surface area contributed by atoms with Crippen LogP contribution in [0.25, 0.3) is 0 Å². The summed E-state index contributed by atoms with van der Waals surface area (Å²) in [4.78, 5) is 0. The van der Waals surface area contributed by atoms with E-state index < -0.39 is 0 Å². The molecule has 2 rings (SSSR count). The Kier molecular flexibility index (Phi) is 5.13. The minimum atomic E-state index is -0.310. The quantitative estimate of drug-likeness (QED) is 0.881. The summed E-state index contributed by atoms with van der Waals surface area (Å²) in [5.74, 6) is -0.310. The molecule has 0 amide bonds. The molecule has 1 atom stereocenters. The summed E-state index contributed by atoms with van der Waals surface area (Å²) in [7, 11) is 0. The number of benzene rings is 1. The smallest absolute Gasteiger partial charge is 0.123 e. The van der Waals surface area contributed by atoms with Gasteiger partial charge in [-0.3, -0.25) is 0 Å². The molecule has 0 saturated heterocycles. The van der Waals surface area contributed by atoms with Gasteiger partial charge in [-0.1, -0.05) is 13.8 Å². The minimum absolute atomic E-state index is 0.310. The number of aromatic nitrogens is 1. The van der Waals surface area contributed by atoms with Crippen LogP contribution in [0.5, 0.6) is 0 Å². The predicted octanol–water partition coefficient (Wildman–Crippen LogP) is 3.61. The van der Waals surface area contributed by atoms with Gasteiger partial charge in [-0.25, -0.2) is 4.39 Å². The molecule has 0 fully saturated rings. The topological polar surface area (TPSA) is 40.8 Å². The second-order valence-electron chi connectivity index (χ2n) is 5.05. The zero-order valence-electron chi connectivity index (χ0n) is 12.4. The van der Waals surface area contributed by atoms with E-state index in [1.54, 1.807) is 0 Å². The van der Waals surface area contributed by atoms with Gasteiger partial charge in [-0.05, 0) is 48.4 Å². The van der Waals surface area contributed by atoms with Crippen molar-refractivity contribution in [2.75, 3.05) is 6.54 Å². The van der Waals surface area contributed by atoms with Gasteiger partial charge in [0, 0.05) is 25.0 Å². The van der Waals surface area contributed by atoms with E-state index in [0.29, 0.717) is 23.7 Å². The molecule has 110 valence electrons. The number of rotatable bonds is 6. The standard InChI is InChI=1S/C17H20FN3/c1-3-17(20-4-2)14-7-8-21(11-14)12-15-9-16(18)6-5-13(15)10-19/h5-9,11,17,20H,3-4,12H2,1-2H3. The van der Waals surface area contributed by atoms with Gasteiger partial charge in [0.2, 0.25) is 0 Å². The summed E-state index contributed by atoms with van der Waals surface area (Å²) < 4.78 is 15.3. The lowest BCUT2D eigenvalue weighted by Crippen LogP contribution is -2.19. The highest BCUT2D eigenvalue weighted by Gasteiger charge is 2.10. The normalized spacial score (nSPS) is 12.1. The fourth-order valence-corrected chi connectivity index (χ4v) is 2.51. The van der Waals surface area contributed by atoms with Gasteiger partial charge in [0.15, 0.2) is 0 Å². The molecule has 1 aromatic carbocycles. The van der Waals surface area contributed by atoms with Gasteiger partial charge in [0.25, 0.3) is 0 Å². The lowest BCUT2D eigenvalue weighted by molar-refractivity contribution is 0.536. The molecular formula is C17H20FN3. The highest BCUT2D eigenvalue weighted by atomic mass is 19.1. The van der Waals surface area contributed by atoms with Crippen molar-refractivity contribution in [3.05, 3.63) is 59.2 Å². The molecule has 1 heterocycles. The molecule has 1 aromatic heterocycles. The number of hydrogen-bond acceptors (Lipinski definition) is 2. The number of nitrogens with zero attached hydrogens (tertiary/aromatic N) is 2. The highest BCUT2D eigenvalue weighted by Crippen LogP contribution is 2.18. The van der Waals surface area contributed by atoms with Gasteiger partial charge in [0.1, 0.15) is 5.82 Å². The van der Waals surface area contributed by atoms with Crippen LogP contribution in [-0.4, -0.2) is 11.1 Å². The monoisotopic (exact) mass is 285 g/mol. The van der Waals surface area contributed by atoms with E-state index in [0.717, 1.165) is 13.0 Å². The van der Waals surface area contributed by atoms with Gasteiger partial charge in [0.05, 0.1) is 11.6 Å². The zero-order chi connectivity index (χ0) is 15.2. The molecular weight excluding hydrogens is 265 g/mol. The molecule has 0 aliphatic rings. The second kappa shape index (κ2) is 7.05. The summed E-state index contributed by atoms with van der Waals surface area (Å²) in [5, 5.41) is 12.5. The van der Waals surface area contributed by atoms with E-state index in [1.165, 1.54) is 23.8 Å². The third-order valence-electron chi connectivity index (χ3n) is 3.58. The Bertz CT molecular complexity index is 640. The Morgan fingerprint density at radius 1 is 1.33 bits per heavy atom. The molecule has 0 aliphatic carbocycles. The van der Waals surface area contributed by atoms with Crippen LogP contribution >= 0.6 is 0 Å². The van der Waals surface area contributed by atoms with Crippen LogP contribution in [0.4, 0.5) is 4.39 Å². The molecule has 1 unspecified atom stereocenters. The van der Waals surface area contributed by atoms with Crippen molar-refractivity contribution in [1.82, 2.24) is 9.88 Å². The Balaban J connectivity index is 2.20. The third kappa shape index (κ3) is 3.71. The van der Waals surface area contributed by atoms with E-state index in [-0.39, 0.29) is 5.82 Å². The average Bonchev–Trinajstić information content (AvgIpc) is 2.93. The van der Waals surface area contributed by atoms with Crippen LogP contribution in [0, 0.1) is 17.1 Å². The summed E-state index contributed by atoms with van der Waals surface area (Å²) in [6.45, 7) is 5.66. The molecule has 0 aliphatic heterocycles. The second-order valence-corrected chi connectivity index (χ2v) is 5.05. The van der Waals surface area contributed by atoms with Crippen molar-refractivity contribution < 1.29 is 4.39 Å². The predicted molar refractivity (Wildman–Crippen MR) is 81.4 cm³/mol. The van der Waals surface area contributed by atoms with Crippen molar-refractivity contribution in [3.8, 4) is 6.07 Å². The summed E-state index contributed by atoms with van der Waals surface area (Å²) in [5.41, 5.74) is 2.44. The summed E-state index contributed by atoms with van der Waals surface area (Å²) in [6.07, 6.45) is 5.05. The molecule has 2 aromatic rings. The van der Waals surface area contributed by atoms with Gasteiger partial charge in [-0.15, -0.1) is 0 Å². The number of halogens is 1. The molecule has 0 spiro atoms. The Labute approximate surface area is 125 Å². The number of nitriles is 1. The first-order valence-corrected chi connectivity index (χ1v) is 7.25. The maximum Gasteiger partial charge on any atom is 0.123 e. The molecule has 4 heteroatoms. The van der Waals surface area contributed by atoms with E-state index in [4.69, 9.17) is 5.26 Å². The van der Waals surface area contributed by atoms with Gasteiger partial charge in [-0.2, -0.15) is 5.26 Å². The molecule has 21 heavy (non-hydrogen) atoms. The van der Waals surface area contributed by atoms with E-state index >= 15 is 0 Å². The SMILES string of the molecule is CCNC(CC)c1ccn(Cc2cc(F)ccc2C#N)c1. The number of nitrogens with one attached hydrogen (secondary N) is 1. The molecule has 3 nitrogen and oxygen atoms in total.